The molecule has 0 radical (unpaired) electrons. The fraction of sp³-hybridized carbons (Fsp3) is 0.647. The summed E-state index contributed by atoms with van der Waals surface area (Å²) in [5, 5.41) is 0. The first-order valence-corrected chi connectivity index (χ1v) is 8.99. The molecule has 2 fully saturated rings. The number of halogens is 1. The monoisotopic (exact) mass is 381 g/mol. The van der Waals surface area contributed by atoms with Crippen molar-refractivity contribution in [3.8, 4) is 0 Å². The largest absolute Gasteiger partial charge is 0.444 e. The van der Waals surface area contributed by atoms with Crippen LogP contribution in [0.5, 0.6) is 0 Å². The van der Waals surface area contributed by atoms with E-state index in [1.807, 2.05) is 44.0 Å². The number of amides is 1. The lowest BCUT2D eigenvalue weighted by Crippen LogP contribution is -2.50. The number of piperidine rings is 1. The van der Waals surface area contributed by atoms with Gasteiger partial charge in [0, 0.05) is 30.3 Å². The minimum Gasteiger partial charge on any atom is -0.444 e. The highest BCUT2D eigenvalue weighted by Crippen LogP contribution is 2.33. The summed E-state index contributed by atoms with van der Waals surface area (Å²) < 4.78 is 6.57. The van der Waals surface area contributed by atoms with Crippen LogP contribution in [0.1, 0.15) is 33.6 Å². The van der Waals surface area contributed by atoms with E-state index in [4.69, 9.17) is 4.74 Å². The van der Waals surface area contributed by atoms with Crippen LogP contribution in [0.15, 0.2) is 22.8 Å². The predicted octanol–water partition coefficient (Wildman–Crippen LogP) is 3.68. The fourth-order valence-electron chi connectivity index (χ4n) is 3.47. The number of likely N-dealkylation sites (tertiary alicyclic amines) is 1. The number of aromatic nitrogens is 1. The molecule has 0 N–H and O–H groups in total. The van der Waals surface area contributed by atoms with Crippen LogP contribution in [0.2, 0.25) is 0 Å². The van der Waals surface area contributed by atoms with Gasteiger partial charge in [-0.25, -0.2) is 9.78 Å². The summed E-state index contributed by atoms with van der Waals surface area (Å²) in [5.41, 5.74) is -0.449. The molecule has 0 aliphatic carbocycles. The van der Waals surface area contributed by atoms with Gasteiger partial charge in [0.05, 0.1) is 6.04 Å². The topological polar surface area (TPSA) is 45.7 Å². The lowest BCUT2D eigenvalue weighted by molar-refractivity contribution is 0.00670. The van der Waals surface area contributed by atoms with Crippen LogP contribution in [0, 0.1) is 5.92 Å². The molecule has 2 atom stereocenters. The smallest absolute Gasteiger partial charge is 0.410 e. The minimum absolute atomic E-state index is 0.183. The maximum atomic E-state index is 12.5. The third-order valence-corrected chi connectivity index (χ3v) is 4.91. The lowest BCUT2D eigenvalue weighted by Gasteiger charge is -2.37. The Morgan fingerprint density at radius 3 is 2.78 bits per heavy atom. The molecular weight excluding hydrogens is 358 g/mol. The number of anilines is 1. The van der Waals surface area contributed by atoms with Crippen LogP contribution >= 0.6 is 15.9 Å². The van der Waals surface area contributed by atoms with E-state index in [1.54, 1.807) is 0 Å². The molecule has 0 unspecified atom stereocenters. The molecule has 0 spiro atoms. The highest BCUT2D eigenvalue weighted by Gasteiger charge is 2.42. The van der Waals surface area contributed by atoms with Crippen LogP contribution in [0.25, 0.3) is 0 Å². The van der Waals surface area contributed by atoms with Gasteiger partial charge in [0.25, 0.3) is 0 Å². The fourth-order valence-corrected chi connectivity index (χ4v) is 3.70. The number of carbonyl (C=O) groups is 1. The molecule has 0 saturated carbocycles. The van der Waals surface area contributed by atoms with Gasteiger partial charge < -0.3 is 14.5 Å². The van der Waals surface area contributed by atoms with Gasteiger partial charge in [0.2, 0.25) is 0 Å². The quantitative estimate of drug-likeness (QED) is 0.744. The summed E-state index contributed by atoms with van der Waals surface area (Å²) >= 11 is 3.42. The SMILES string of the molecule is CC(C)(C)OC(=O)N1CCC[C@H]2CN(c3ccc(Br)cn3)C[C@H]21. The Bertz CT molecular complexity index is 570. The third-order valence-electron chi connectivity index (χ3n) is 4.44. The van der Waals surface area contributed by atoms with E-state index in [2.05, 4.69) is 25.8 Å². The zero-order valence-corrected chi connectivity index (χ0v) is 15.5. The van der Waals surface area contributed by atoms with Crippen molar-refractivity contribution in [2.45, 2.75) is 45.3 Å². The molecule has 3 heterocycles. The number of hydrogen-bond acceptors (Lipinski definition) is 4. The van der Waals surface area contributed by atoms with Gasteiger partial charge >= 0.3 is 6.09 Å². The molecule has 0 bridgehead atoms. The van der Waals surface area contributed by atoms with Gasteiger partial charge in [0.15, 0.2) is 0 Å². The van der Waals surface area contributed by atoms with Crippen LogP contribution in [0.3, 0.4) is 0 Å². The van der Waals surface area contributed by atoms with E-state index in [9.17, 15) is 4.79 Å². The lowest BCUT2D eigenvalue weighted by atomic mass is 9.92. The summed E-state index contributed by atoms with van der Waals surface area (Å²) in [6.07, 6.45) is 3.85. The summed E-state index contributed by atoms with van der Waals surface area (Å²) in [4.78, 5) is 21.2. The maximum absolute atomic E-state index is 12.5. The van der Waals surface area contributed by atoms with Crippen LogP contribution in [-0.4, -0.2) is 47.3 Å². The standard InChI is InChI=1S/C17H24BrN3O2/c1-17(2,3)23-16(22)21-8-4-5-12-10-20(11-14(12)21)15-7-6-13(18)9-19-15/h6-7,9,12,14H,4-5,8,10-11H2,1-3H3/t12-,14+/m0/s1. The van der Waals surface area contributed by atoms with Crippen molar-refractivity contribution < 1.29 is 9.53 Å². The van der Waals surface area contributed by atoms with E-state index >= 15 is 0 Å². The first-order valence-electron chi connectivity index (χ1n) is 8.19. The normalized spacial score (nSPS) is 24.5. The molecule has 2 aliphatic heterocycles. The number of pyridine rings is 1. The number of ether oxygens (including phenoxy) is 1. The second-order valence-corrected chi connectivity index (χ2v) is 8.30. The predicted molar refractivity (Wildman–Crippen MR) is 93.6 cm³/mol. The Hall–Kier alpha value is -1.30. The molecule has 1 aromatic heterocycles. The highest BCUT2D eigenvalue weighted by atomic mass is 79.9. The zero-order valence-electron chi connectivity index (χ0n) is 14.0. The third kappa shape index (κ3) is 3.79. The number of nitrogens with zero attached hydrogens (tertiary/aromatic N) is 3. The molecule has 5 nitrogen and oxygen atoms in total. The molecule has 23 heavy (non-hydrogen) atoms. The number of fused-ring (bicyclic) bond motifs is 1. The van der Waals surface area contributed by atoms with Crippen molar-refractivity contribution >= 4 is 27.8 Å². The molecule has 0 aromatic carbocycles. The molecule has 126 valence electrons. The molecule has 6 heteroatoms. The van der Waals surface area contributed by atoms with E-state index in [-0.39, 0.29) is 12.1 Å². The molecule has 1 amide bonds. The van der Waals surface area contributed by atoms with Crippen molar-refractivity contribution in [3.05, 3.63) is 22.8 Å². The van der Waals surface area contributed by atoms with Crippen LogP contribution in [-0.2, 0) is 4.74 Å². The van der Waals surface area contributed by atoms with Crippen molar-refractivity contribution in [2.24, 2.45) is 5.92 Å². The molecule has 2 saturated heterocycles. The summed E-state index contributed by atoms with van der Waals surface area (Å²) in [5.74, 6) is 1.48. The van der Waals surface area contributed by atoms with E-state index < -0.39 is 5.60 Å². The Kier molecular flexibility index (Phi) is 4.54. The Labute approximate surface area is 146 Å². The number of carbonyl (C=O) groups excluding carboxylic acids is 1. The molecule has 2 aliphatic rings. The van der Waals surface area contributed by atoms with Gasteiger partial charge in [-0.3, -0.25) is 0 Å². The van der Waals surface area contributed by atoms with E-state index in [1.165, 1.54) is 0 Å². The van der Waals surface area contributed by atoms with Gasteiger partial charge in [-0.05, 0) is 67.6 Å². The first kappa shape index (κ1) is 16.6. The van der Waals surface area contributed by atoms with Crippen LogP contribution in [0.4, 0.5) is 10.6 Å². The molecular formula is C17H24BrN3O2. The highest BCUT2D eigenvalue weighted by molar-refractivity contribution is 9.10. The molecule has 1 aromatic rings. The average Bonchev–Trinajstić information content (AvgIpc) is 2.89. The van der Waals surface area contributed by atoms with Crippen molar-refractivity contribution in [2.75, 3.05) is 24.5 Å². The van der Waals surface area contributed by atoms with Crippen molar-refractivity contribution in [1.29, 1.82) is 0 Å². The van der Waals surface area contributed by atoms with Gasteiger partial charge in [-0.2, -0.15) is 0 Å². The van der Waals surface area contributed by atoms with Gasteiger partial charge in [-0.1, -0.05) is 0 Å². The van der Waals surface area contributed by atoms with Crippen molar-refractivity contribution in [3.63, 3.8) is 0 Å². The summed E-state index contributed by atoms with van der Waals surface area (Å²) in [7, 11) is 0. The van der Waals surface area contributed by atoms with Gasteiger partial charge in [-0.15, -0.1) is 0 Å². The zero-order chi connectivity index (χ0) is 16.6. The van der Waals surface area contributed by atoms with E-state index in [0.29, 0.717) is 5.92 Å². The number of rotatable bonds is 1. The second kappa shape index (κ2) is 6.30. The minimum atomic E-state index is -0.449. The first-order chi connectivity index (χ1) is 10.8. The molecule has 3 rings (SSSR count). The number of hydrogen-bond donors (Lipinski definition) is 0. The van der Waals surface area contributed by atoms with Crippen molar-refractivity contribution in [1.82, 2.24) is 9.88 Å². The summed E-state index contributed by atoms with van der Waals surface area (Å²) in [6.45, 7) is 8.33. The van der Waals surface area contributed by atoms with E-state index in [0.717, 1.165) is 42.8 Å². The Balaban J connectivity index is 1.72. The average molecular weight is 382 g/mol. The second-order valence-electron chi connectivity index (χ2n) is 7.38. The Morgan fingerprint density at radius 1 is 1.35 bits per heavy atom. The maximum Gasteiger partial charge on any atom is 0.410 e. The Morgan fingerprint density at radius 2 is 2.13 bits per heavy atom. The summed E-state index contributed by atoms with van der Waals surface area (Å²) in [6, 6.07) is 4.26. The van der Waals surface area contributed by atoms with Crippen LogP contribution < -0.4 is 4.90 Å². The van der Waals surface area contributed by atoms with Gasteiger partial charge in [0.1, 0.15) is 11.4 Å².